The lowest BCUT2D eigenvalue weighted by atomic mass is 10.0. The molecule has 2 aromatic heterocycles. The number of ether oxygens (including phenoxy) is 1. The quantitative estimate of drug-likeness (QED) is 0.488. The van der Waals surface area contributed by atoms with Crippen LogP contribution in [0.2, 0.25) is 0 Å². The molecule has 31 heavy (non-hydrogen) atoms. The second kappa shape index (κ2) is 8.24. The Morgan fingerprint density at radius 1 is 1.03 bits per heavy atom. The molecule has 5 rings (SSSR count). The van der Waals surface area contributed by atoms with E-state index in [0.29, 0.717) is 11.4 Å². The SMILES string of the molecule is Cc1ccc(C(=O)Cc2cc3cc(-c4cncc(OC5CNC5)n4)ccc3cn2)cc1. The number of nitrogens with one attached hydrogen (secondary N) is 1. The fraction of sp³-hybridized carbons (Fsp3) is 0.200. The van der Waals surface area contributed by atoms with Crippen molar-refractivity contribution in [3.63, 3.8) is 0 Å². The van der Waals surface area contributed by atoms with Crippen LogP contribution in [-0.2, 0) is 6.42 Å². The van der Waals surface area contributed by atoms with Gasteiger partial charge < -0.3 is 10.1 Å². The normalized spacial score (nSPS) is 13.7. The molecule has 6 nitrogen and oxygen atoms in total. The molecule has 0 spiro atoms. The van der Waals surface area contributed by atoms with Crippen LogP contribution in [0.15, 0.2) is 67.1 Å². The minimum Gasteiger partial charge on any atom is -0.471 e. The standard InChI is InChI=1S/C25H22N4O2/c1-16-2-4-17(5-3-16)24(30)10-21-9-20-8-18(6-7-19(20)11-28-21)23-14-27-15-25(29-23)31-22-12-26-13-22/h2-9,11,14-15,22,26H,10,12-13H2,1H3. The van der Waals surface area contributed by atoms with Crippen molar-refractivity contribution in [1.82, 2.24) is 20.3 Å². The van der Waals surface area contributed by atoms with Crippen LogP contribution in [-0.4, -0.2) is 39.9 Å². The first-order chi connectivity index (χ1) is 15.1. The summed E-state index contributed by atoms with van der Waals surface area (Å²) in [6.45, 7) is 3.67. The van der Waals surface area contributed by atoms with Gasteiger partial charge in [-0.15, -0.1) is 0 Å². The number of hydrogen-bond acceptors (Lipinski definition) is 6. The summed E-state index contributed by atoms with van der Waals surface area (Å²) in [6, 6.07) is 15.7. The van der Waals surface area contributed by atoms with Crippen molar-refractivity contribution in [3.8, 4) is 17.1 Å². The lowest BCUT2D eigenvalue weighted by molar-refractivity contribution is 0.0992. The Bertz CT molecular complexity index is 1250. The predicted octanol–water partition coefficient (Wildman–Crippen LogP) is 3.78. The second-order valence-corrected chi connectivity index (χ2v) is 7.84. The van der Waals surface area contributed by atoms with Gasteiger partial charge in [-0.1, -0.05) is 42.0 Å². The van der Waals surface area contributed by atoms with Gasteiger partial charge in [-0.25, -0.2) is 4.98 Å². The zero-order valence-corrected chi connectivity index (χ0v) is 17.2. The van der Waals surface area contributed by atoms with E-state index < -0.39 is 0 Å². The lowest BCUT2D eigenvalue weighted by Crippen LogP contribution is -2.50. The van der Waals surface area contributed by atoms with Crippen LogP contribution in [0.4, 0.5) is 0 Å². The minimum atomic E-state index is 0.0594. The molecule has 6 heteroatoms. The smallest absolute Gasteiger partial charge is 0.233 e. The van der Waals surface area contributed by atoms with Crippen LogP contribution in [0, 0.1) is 6.92 Å². The van der Waals surface area contributed by atoms with Crippen LogP contribution >= 0.6 is 0 Å². The number of pyridine rings is 1. The molecule has 1 aliphatic rings. The molecule has 154 valence electrons. The topological polar surface area (TPSA) is 77.0 Å². The summed E-state index contributed by atoms with van der Waals surface area (Å²) in [5.74, 6) is 0.590. The van der Waals surface area contributed by atoms with Crippen molar-refractivity contribution < 1.29 is 9.53 Å². The second-order valence-electron chi connectivity index (χ2n) is 7.84. The van der Waals surface area contributed by atoms with Gasteiger partial charge in [0.2, 0.25) is 5.88 Å². The van der Waals surface area contributed by atoms with Gasteiger partial charge in [0.15, 0.2) is 5.78 Å². The Kier molecular flexibility index (Phi) is 5.14. The number of rotatable bonds is 6. The largest absolute Gasteiger partial charge is 0.471 e. The molecule has 1 aliphatic heterocycles. The first kappa shape index (κ1) is 19.3. The van der Waals surface area contributed by atoms with Crippen LogP contribution in [0.3, 0.4) is 0 Å². The predicted molar refractivity (Wildman–Crippen MR) is 119 cm³/mol. The molecular weight excluding hydrogens is 388 g/mol. The highest BCUT2D eigenvalue weighted by Crippen LogP contribution is 2.25. The molecule has 0 bridgehead atoms. The average Bonchev–Trinajstić information content (AvgIpc) is 2.76. The summed E-state index contributed by atoms with van der Waals surface area (Å²) < 4.78 is 5.83. The maximum Gasteiger partial charge on any atom is 0.233 e. The summed E-state index contributed by atoms with van der Waals surface area (Å²) in [5, 5.41) is 5.20. The van der Waals surface area contributed by atoms with Crippen LogP contribution < -0.4 is 10.1 Å². The van der Waals surface area contributed by atoms with Crippen molar-refractivity contribution in [2.45, 2.75) is 19.4 Å². The van der Waals surface area contributed by atoms with Gasteiger partial charge in [0.05, 0.1) is 24.5 Å². The van der Waals surface area contributed by atoms with E-state index in [9.17, 15) is 4.79 Å². The molecule has 4 aromatic rings. The third-order valence-electron chi connectivity index (χ3n) is 5.43. The number of benzene rings is 2. The van der Waals surface area contributed by atoms with Crippen molar-refractivity contribution in [1.29, 1.82) is 0 Å². The van der Waals surface area contributed by atoms with Gasteiger partial charge in [-0.2, -0.15) is 0 Å². The summed E-state index contributed by atoms with van der Waals surface area (Å²) in [7, 11) is 0. The van der Waals surface area contributed by atoms with Crippen molar-refractivity contribution in [2.24, 2.45) is 0 Å². The van der Waals surface area contributed by atoms with Crippen molar-refractivity contribution >= 4 is 16.6 Å². The van der Waals surface area contributed by atoms with E-state index in [0.717, 1.165) is 46.4 Å². The Labute approximate surface area is 180 Å². The molecular formula is C25H22N4O2. The summed E-state index contributed by atoms with van der Waals surface area (Å²) >= 11 is 0. The molecule has 0 unspecified atom stereocenters. The Balaban J connectivity index is 1.39. The van der Waals surface area contributed by atoms with E-state index in [1.807, 2.05) is 55.6 Å². The molecule has 3 heterocycles. The number of hydrogen-bond donors (Lipinski definition) is 1. The zero-order valence-electron chi connectivity index (χ0n) is 17.2. The number of ketones is 1. The molecule has 0 amide bonds. The monoisotopic (exact) mass is 410 g/mol. The summed E-state index contributed by atoms with van der Waals surface area (Å²) in [4.78, 5) is 26.0. The van der Waals surface area contributed by atoms with E-state index in [-0.39, 0.29) is 18.3 Å². The fourth-order valence-corrected chi connectivity index (χ4v) is 3.51. The number of Topliss-reactive ketones (excluding diaryl/α,β-unsaturated/α-hetero) is 1. The molecule has 0 saturated carbocycles. The van der Waals surface area contributed by atoms with Gasteiger partial charge in [0.25, 0.3) is 0 Å². The van der Waals surface area contributed by atoms with Gasteiger partial charge in [0.1, 0.15) is 6.10 Å². The third-order valence-corrected chi connectivity index (χ3v) is 5.43. The number of fused-ring (bicyclic) bond motifs is 1. The Hall–Kier alpha value is -3.64. The number of nitrogens with zero attached hydrogens (tertiary/aromatic N) is 3. The Morgan fingerprint density at radius 2 is 1.87 bits per heavy atom. The molecule has 1 fully saturated rings. The van der Waals surface area contributed by atoms with E-state index in [4.69, 9.17) is 4.74 Å². The molecule has 0 atom stereocenters. The highest BCUT2D eigenvalue weighted by molar-refractivity contribution is 5.98. The Morgan fingerprint density at radius 3 is 2.65 bits per heavy atom. The van der Waals surface area contributed by atoms with Gasteiger partial charge in [0, 0.05) is 41.5 Å². The maximum absolute atomic E-state index is 12.6. The highest BCUT2D eigenvalue weighted by atomic mass is 16.5. The van der Waals surface area contributed by atoms with Crippen molar-refractivity contribution in [3.05, 3.63) is 83.9 Å². The molecule has 2 aromatic carbocycles. The van der Waals surface area contributed by atoms with Gasteiger partial charge in [-0.3, -0.25) is 14.8 Å². The number of carbonyl (C=O) groups is 1. The minimum absolute atomic E-state index is 0.0594. The third kappa shape index (κ3) is 4.29. The van der Waals surface area contributed by atoms with E-state index in [1.165, 1.54) is 0 Å². The van der Waals surface area contributed by atoms with E-state index in [1.54, 1.807) is 12.4 Å². The fourth-order valence-electron chi connectivity index (χ4n) is 3.51. The first-order valence-electron chi connectivity index (χ1n) is 10.3. The summed E-state index contributed by atoms with van der Waals surface area (Å²) in [6.07, 6.45) is 5.60. The van der Waals surface area contributed by atoms with E-state index in [2.05, 4.69) is 26.3 Å². The zero-order chi connectivity index (χ0) is 21.2. The molecule has 1 saturated heterocycles. The summed E-state index contributed by atoms with van der Waals surface area (Å²) in [5.41, 5.74) is 4.28. The highest BCUT2D eigenvalue weighted by Gasteiger charge is 2.19. The van der Waals surface area contributed by atoms with E-state index >= 15 is 0 Å². The van der Waals surface area contributed by atoms with Crippen LogP contribution in [0.1, 0.15) is 21.6 Å². The maximum atomic E-state index is 12.6. The molecule has 1 N–H and O–H groups in total. The van der Waals surface area contributed by atoms with Gasteiger partial charge >= 0.3 is 0 Å². The number of aryl methyl sites for hydroxylation is 1. The van der Waals surface area contributed by atoms with Gasteiger partial charge in [-0.05, 0) is 24.4 Å². The lowest BCUT2D eigenvalue weighted by Gasteiger charge is -2.27. The number of carbonyl (C=O) groups excluding carboxylic acids is 1. The van der Waals surface area contributed by atoms with Crippen LogP contribution in [0.5, 0.6) is 5.88 Å². The van der Waals surface area contributed by atoms with Crippen molar-refractivity contribution in [2.75, 3.05) is 13.1 Å². The molecule has 0 radical (unpaired) electrons. The average molecular weight is 410 g/mol. The molecule has 0 aliphatic carbocycles. The number of aromatic nitrogens is 3. The van der Waals surface area contributed by atoms with Crippen LogP contribution in [0.25, 0.3) is 22.0 Å². The first-order valence-corrected chi connectivity index (χ1v) is 10.3.